The topological polar surface area (TPSA) is 38.4 Å². The molecule has 0 bridgehead atoms. The van der Waals surface area contributed by atoms with Gasteiger partial charge in [0.05, 0.1) is 32.7 Å². The fourth-order valence-electron chi connectivity index (χ4n) is 2.70. The van der Waals surface area contributed by atoms with Crippen LogP contribution in [0.5, 0.6) is 0 Å². The fraction of sp³-hybridized carbons (Fsp3) is 0.615. The summed E-state index contributed by atoms with van der Waals surface area (Å²) in [5.41, 5.74) is 0.966. The smallest absolute Gasteiger partial charge is 0.163 e. The minimum atomic E-state index is 0.821. The van der Waals surface area contributed by atoms with E-state index in [0.717, 1.165) is 39.0 Å². The van der Waals surface area contributed by atoms with Gasteiger partial charge in [-0.15, -0.1) is 0 Å². The highest BCUT2D eigenvalue weighted by atomic mass is 32.1. The molecule has 5 nitrogen and oxygen atoms in total. The first-order valence-electron chi connectivity index (χ1n) is 7.03. The van der Waals surface area contributed by atoms with E-state index in [1.807, 2.05) is 18.5 Å². The molecule has 0 saturated carbocycles. The molecule has 0 amide bonds. The zero-order valence-electron chi connectivity index (χ0n) is 12.1. The van der Waals surface area contributed by atoms with E-state index in [2.05, 4.69) is 21.8 Å². The highest BCUT2D eigenvalue weighted by Crippen LogP contribution is 2.29. The Labute approximate surface area is 127 Å². The van der Waals surface area contributed by atoms with E-state index in [4.69, 9.17) is 12.2 Å². The molecule has 1 saturated heterocycles. The quantitative estimate of drug-likeness (QED) is 0.833. The molecule has 0 spiro atoms. The Kier molecular flexibility index (Phi) is 3.74. The first-order chi connectivity index (χ1) is 9.60. The second-order valence-corrected chi connectivity index (χ2v) is 6.91. The SMILES string of the molecule is CC[NH+]1CCN(c2nc(C)nc3c2sc(=S)n3C)CC1. The maximum Gasteiger partial charge on any atom is 0.163 e. The van der Waals surface area contributed by atoms with Gasteiger partial charge in [0.25, 0.3) is 0 Å². The number of hydrogen-bond acceptors (Lipinski definition) is 5. The van der Waals surface area contributed by atoms with Crippen LogP contribution < -0.4 is 9.80 Å². The van der Waals surface area contributed by atoms with Crippen LogP contribution >= 0.6 is 23.6 Å². The number of quaternary nitrogens is 1. The summed E-state index contributed by atoms with van der Waals surface area (Å²) in [4.78, 5) is 13.3. The Hall–Kier alpha value is -1.05. The summed E-state index contributed by atoms with van der Waals surface area (Å²) in [5, 5.41) is 0. The van der Waals surface area contributed by atoms with Crippen LogP contribution in [0.3, 0.4) is 0 Å². The predicted molar refractivity (Wildman–Crippen MR) is 85.4 cm³/mol. The molecule has 108 valence electrons. The average molecular weight is 310 g/mol. The summed E-state index contributed by atoms with van der Waals surface area (Å²) in [5.74, 6) is 1.89. The number of aromatic nitrogens is 3. The molecule has 0 atom stereocenters. The molecule has 2 aromatic heterocycles. The number of hydrogen-bond donors (Lipinski definition) is 1. The molecular weight excluding hydrogens is 290 g/mol. The molecule has 0 aliphatic carbocycles. The van der Waals surface area contributed by atoms with Gasteiger partial charge in [0.1, 0.15) is 10.5 Å². The Morgan fingerprint density at radius 1 is 1.30 bits per heavy atom. The van der Waals surface area contributed by atoms with Gasteiger partial charge in [-0.1, -0.05) is 11.3 Å². The summed E-state index contributed by atoms with van der Waals surface area (Å²) in [7, 11) is 1.98. The summed E-state index contributed by atoms with van der Waals surface area (Å²) < 4.78 is 3.98. The zero-order valence-corrected chi connectivity index (χ0v) is 13.8. The van der Waals surface area contributed by atoms with Crippen LogP contribution in [0.2, 0.25) is 0 Å². The third-order valence-corrected chi connectivity index (χ3v) is 5.53. The van der Waals surface area contributed by atoms with Crippen molar-refractivity contribution in [3.8, 4) is 0 Å². The zero-order chi connectivity index (χ0) is 14.3. The van der Waals surface area contributed by atoms with E-state index in [-0.39, 0.29) is 0 Å². The Balaban J connectivity index is 2.03. The third-order valence-electron chi connectivity index (χ3n) is 3.99. The van der Waals surface area contributed by atoms with Gasteiger partial charge < -0.3 is 14.4 Å². The lowest BCUT2D eigenvalue weighted by Gasteiger charge is -2.32. The third kappa shape index (κ3) is 2.34. The van der Waals surface area contributed by atoms with E-state index in [0.29, 0.717) is 0 Å². The first-order valence-corrected chi connectivity index (χ1v) is 8.25. The minimum absolute atomic E-state index is 0.821. The lowest BCUT2D eigenvalue weighted by molar-refractivity contribution is -0.898. The summed E-state index contributed by atoms with van der Waals surface area (Å²) in [6, 6.07) is 0. The number of rotatable bonds is 2. The first kappa shape index (κ1) is 13.9. The van der Waals surface area contributed by atoms with Crippen molar-refractivity contribution in [2.24, 2.45) is 7.05 Å². The summed E-state index contributed by atoms with van der Waals surface area (Å²) in [6.45, 7) is 9.89. The molecule has 1 aliphatic heterocycles. The number of anilines is 1. The molecule has 1 N–H and O–H groups in total. The van der Waals surface area contributed by atoms with Gasteiger partial charge in [-0.05, 0) is 26.1 Å². The van der Waals surface area contributed by atoms with Gasteiger partial charge in [0.15, 0.2) is 15.4 Å². The fourth-order valence-corrected chi connectivity index (χ4v) is 3.97. The maximum atomic E-state index is 5.39. The molecule has 3 rings (SSSR count). The van der Waals surface area contributed by atoms with E-state index in [1.165, 1.54) is 19.6 Å². The van der Waals surface area contributed by atoms with Gasteiger partial charge in [-0.2, -0.15) is 0 Å². The monoisotopic (exact) mass is 310 g/mol. The summed E-state index contributed by atoms with van der Waals surface area (Å²) in [6.07, 6.45) is 0. The average Bonchev–Trinajstić information content (AvgIpc) is 2.74. The minimum Gasteiger partial charge on any atom is -0.344 e. The van der Waals surface area contributed by atoms with E-state index in [9.17, 15) is 0 Å². The van der Waals surface area contributed by atoms with Crippen molar-refractivity contribution in [2.45, 2.75) is 13.8 Å². The van der Waals surface area contributed by atoms with Gasteiger partial charge >= 0.3 is 0 Å². The lowest BCUT2D eigenvalue weighted by Crippen LogP contribution is -3.14. The molecule has 2 aromatic rings. The molecule has 0 aromatic carbocycles. The predicted octanol–water partition coefficient (Wildman–Crippen LogP) is 0.793. The number of fused-ring (bicyclic) bond motifs is 1. The number of thiazole rings is 1. The van der Waals surface area contributed by atoms with Crippen molar-refractivity contribution in [2.75, 3.05) is 37.6 Å². The number of aryl methyl sites for hydroxylation is 2. The van der Waals surface area contributed by atoms with Crippen LogP contribution in [-0.4, -0.2) is 47.3 Å². The maximum absolute atomic E-state index is 5.39. The number of likely N-dealkylation sites (N-methyl/N-ethyl adjacent to an activating group) is 1. The normalized spacial score (nSPS) is 17.1. The highest BCUT2D eigenvalue weighted by molar-refractivity contribution is 7.73. The number of nitrogens with zero attached hydrogens (tertiary/aromatic N) is 4. The number of piperazine rings is 1. The number of nitrogens with one attached hydrogen (secondary N) is 1. The lowest BCUT2D eigenvalue weighted by atomic mass is 10.3. The molecule has 1 fully saturated rings. The van der Waals surface area contributed by atoms with Crippen LogP contribution in [0.15, 0.2) is 0 Å². The Morgan fingerprint density at radius 2 is 2.00 bits per heavy atom. The molecule has 7 heteroatoms. The van der Waals surface area contributed by atoms with Crippen molar-refractivity contribution < 1.29 is 4.90 Å². The largest absolute Gasteiger partial charge is 0.344 e. The Morgan fingerprint density at radius 3 is 2.65 bits per heavy atom. The van der Waals surface area contributed by atoms with Crippen molar-refractivity contribution in [3.05, 3.63) is 9.78 Å². The molecular formula is C13H20N5S2+. The molecule has 20 heavy (non-hydrogen) atoms. The van der Waals surface area contributed by atoms with Crippen LogP contribution in [0.4, 0.5) is 5.82 Å². The van der Waals surface area contributed by atoms with Crippen LogP contribution in [0.1, 0.15) is 12.7 Å². The molecule has 0 radical (unpaired) electrons. The summed E-state index contributed by atoms with van der Waals surface area (Å²) >= 11 is 7.01. The van der Waals surface area contributed by atoms with Crippen molar-refractivity contribution in [1.29, 1.82) is 0 Å². The van der Waals surface area contributed by atoms with Crippen molar-refractivity contribution in [1.82, 2.24) is 14.5 Å². The van der Waals surface area contributed by atoms with Crippen LogP contribution in [-0.2, 0) is 7.05 Å². The highest BCUT2D eigenvalue weighted by Gasteiger charge is 2.23. The Bertz CT molecular complexity index is 682. The second kappa shape index (κ2) is 5.38. The van der Waals surface area contributed by atoms with Crippen LogP contribution in [0, 0.1) is 10.9 Å². The van der Waals surface area contributed by atoms with Crippen LogP contribution in [0.25, 0.3) is 10.3 Å². The van der Waals surface area contributed by atoms with E-state index < -0.39 is 0 Å². The van der Waals surface area contributed by atoms with E-state index >= 15 is 0 Å². The molecule has 3 heterocycles. The van der Waals surface area contributed by atoms with Gasteiger partial charge in [0.2, 0.25) is 0 Å². The van der Waals surface area contributed by atoms with Crippen molar-refractivity contribution >= 4 is 39.7 Å². The van der Waals surface area contributed by atoms with E-state index in [1.54, 1.807) is 16.2 Å². The second-order valence-electron chi connectivity index (χ2n) is 5.26. The van der Waals surface area contributed by atoms with Gasteiger partial charge in [0, 0.05) is 7.05 Å². The molecule has 0 unspecified atom stereocenters. The van der Waals surface area contributed by atoms with Gasteiger partial charge in [-0.3, -0.25) is 0 Å². The standard InChI is InChI=1S/C13H19N5S2/c1-4-17-5-7-18(8-6-17)12-10-11(14-9(2)15-12)16(3)13(19)20-10/h4-8H2,1-3H3/p+1. The van der Waals surface area contributed by atoms with Gasteiger partial charge in [-0.25, -0.2) is 9.97 Å². The van der Waals surface area contributed by atoms with Crippen molar-refractivity contribution in [3.63, 3.8) is 0 Å². The molecule has 1 aliphatic rings.